The van der Waals surface area contributed by atoms with E-state index in [1.54, 1.807) is 7.11 Å². The smallest absolute Gasteiger partial charge is 0.119 e. The predicted octanol–water partition coefficient (Wildman–Crippen LogP) is 5.10. The molecule has 0 saturated carbocycles. The highest BCUT2D eigenvalue weighted by Gasteiger charge is 2.15. The standard InChI is InChI=1S/C17H19BrO/c1-11-5-6-12(2)16(9-11)17(18)15-8-7-14(19-4)10-13(15)3/h5-10,17H,1-4H3. The van der Waals surface area contributed by atoms with E-state index >= 15 is 0 Å². The molecule has 1 nitrogen and oxygen atoms in total. The Morgan fingerprint density at radius 2 is 1.63 bits per heavy atom. The van der Waals surface area contributed by atoms with E-state index in [4.69, 9.17) is 4.74 Å². The lowest BCUT2D eigenvalue weighted by Gasteiger charge is -2.17. The summed E-state index contributed by atoms with van der Waals surface area (Å²) >= 11 is 3.84. The predicted molar refractivity (Wildman–Crippen MR) is 84.4 cm³/mol. The zero-order valence-electron chi connectivity index (χ0n) is 11.8. The van der Waals surface area contributed by atoms with Crippen LogP contribution in [0.5, 0.6) is 5.75 Å². The van der Waals surface area contributed by atoms with Crippen LogP contribution in [0.3, 0.4) is 0 Å². The number of benzene rings is 2. The minimum absolute atomic E-state index is 0.221. The molecule has 0 aliphatic rings. The van der Waals surface area contributed by atoms with Gasteiger partial charge in [0.05, 0.1) is 11.9 Å². The quantitative estimate of drug-likeness (QED) is 0.715. The summed E-state index contributed by atoms with van der Waals surface area (Å²) in [6.07, 6.45) is 0. The molecule has 0 fully saturated rings. The Morgan fingerprint density at radius 1 is 0.895 bits per heavy atom. The van der Waals surface area contributed by atoms with E-state index in [2.05, 4.69) is 67.0 Å². The number of alkyl halides is 1. The van der Waals surface area contributed by atoms with E-state index in [0.29, 0.717) is 0 Å². The molecule has 0 spiro atoms. The summed E-state index contributed by atoms with van der Waals surface area (Å²) in [4.78, 5) is 0.221. The van der Waals surface area contributed by atoms with Gasteiger partial charge in [-0.3, -0.25) is 0 Å². The Bertz CT molecular complexity index is 590. The molecule has 0 N–H and O–H groups in total. The largest absolute Gasteiger partial charge is 0.497 e. The first kappa shape index (κ1) is 14.1. The molecule has 2 aromatic carbocycles. The first-order valence-electron chi connectivity index (χ1n) is 6.38. The lowest BCUT2D eigenvalue weighted by molar-refractivity contribution is 0.414. The lowest BCUT2D eigenvalue weighted by atomic mass is 9.96. The molecule has 100 valence electrons. The van der Waals surface area contributed by atoms with E-state index in [9.17, 15) is 0 Å². The van der Waals surface area contributed by atoms with Crippen molar-refractivity contribution in [2.24, 2.45) is 0 Å². The molecule has 1 atom stereocenters. The monoisotopic (exact) mass is 318 g/mol. The topological polar surface area (TPSA) is 9.23 Å². The summed E-state index contributed by atoms with van der Waals surface area (Å²) in [5.41, 5.74) is 6.45. The van der Waals surface area contributed by atoms with E-state index in [1.807, 2.05) is 6.07 Å². The Hall–Kier alpha value is -1.28. The first-order chi connectivity index (χ1) is 9.02. The van der Waals surface area contributed by atoms with Crippen LogP contribution in [0, 0.1) is 20.8 Å². The fourth-order valence-corrected chi connectivity index (χ4v) is 3.27. The average molecular weight is 319 g/mol. The minimum Gasteiger partial charge on any atom is -0.497 e. The van der Waals surface area contributed by atoms with Crippen LogP contribution in [0.25, 0.3) is 0 Å². The molecular weight excluding hydrogens is 300 g/mol. The van der Waals surface area contributed by atoms with Crippen molar-refractivity contribution in [3.8, 4) is 5.75 Å². The van der Waals surface area contributed by atoms with Crippen LogP contribution in [-0.2, 0) is 0 Å². The van der Waals surface area contributed by atoms with Crippen molar-refractivity contribution in [3.63, 3.8) is 0 Å². The van der Waals surface area contributed by atoms with Gasteiger partial charge in [0, 0.05) is 0 Å². The molecule has 2 heteroatoms. The van der Waals surface area contributed by atoms with Crippen LogP contribution in [0.15, 0.2) is 36.4 Å². The molecule has 2 aromatic rings. The van der Waals surface area contributed by atoms with Crippen molar-refractivity contribution >= 4 is 15.9 Å². The molecule has 1 unspecified atom stereocenters. The maximum Gasteiger partial charge on any atom is 0.119 e. The van der Waals surface area contributed by atoms with Gasteiger partial charge < -0.3 is 4.74 Å². The minimum atomic E-state index is 0.221. The Labute approximate surface area is 123 Å². The number of methoxy groups -OCH3 is 1. The number of hydrogen-bond acceptors (Lipinski definition) is 1. The van der Waals surface area contributed by atoms with Gasteiger partial charge in [0.2, 0.25) is 0 Å². The molecule has 0 radical (unpaired) electrons. The summed E-state index contributed by atoms with van der Waals surface area (Å²) in [7, 11) is 1.70. The molecule has 0 aliphatic heterocycles. The van der Waals surface area contributed by atoms with E-state index in [1.165, 1.54) is 27.8 Å². The van der Waals surface area contributed by atoms with E-state index in [0.717, 1.165) is 5.75 Å². The van der Waals surface area contributed by atoms with Crippen molar-refractivity contribution in [3.05, 3.63) is 64.2 Å². The maximum atomic E-state index is 5.26. The van der Waals surface area contributed by atoms with Gasteiger partial charge in [-0.15, -0.1) is 0 Å². The van der Waals surface area contributed by atoms with E-state index in [-0.39, 0.29) is 4.83 Å². The van der Waals surface area contributed by atoms with Crippen molar-refractivity contribution in [1.29, 1.82) is 0 Å². The van der Waals surface area contributed by atoms with Crippen LogP contribution in [0.4, 0.5) is 0 Å². The first-order valence-corrected chi connectivity index (χ1v) is 7.30. The number of hydrogen-bond donors (Lipinski definition) is 0. The van der Waals surface area contributed by atoms with Gasteiger partial charge in [-0.2, -0.15) is 0 Å². The molecule has 0 heterocycles. The van der Waals surface area contributed by atoms with Crippen molar-refractivity contribution < 1.29 is 4.74 Å². The second-order valence-electron chi connectivity index (χ2n) is 4.95. The zero-order chi connectivity index (χ0) is 14.0. The van der Waals surface area contributed by atoms with Crippen molar-refractivity contribution in [2.45, 2.75) is 25.6 Å². The van der Waals surface area contributed by atoms with Crippen LogP contribution < -0.4 is 4.74 Å². The van der Waals surface area contributed by atoms with Gasteiger partial charge in [0.1, 0.15) is 5.75 Å². The molecule has 0 aromatic heterocycles. The third-order valence-corrected chi connectivity index (χ3v) is 4.44. The normalized spacial score (nSPS) is 12.3. The Balaban J connectivity index is 2.43. The molecule has 0 saturated heterocycles. The highest BCUT2D eigenvalue weighted by molar-refractivity contribution is 9.09. The van der Waals surface area contributed by atoms with Crippen LogP contribution in [0.2, 0.25) is 0 Å². The number of rotatable bonds is 3. The van der Waals surface area contributed by atoms with Crippen LogP contribution in [0.1, 0.15) is 32.6 Å². The molecule has 2 rings (SSSR count). The highest BCUT2D eigenvalue weighted by Crippen LogP contribution is 2.36. The van der Waals surface area contributed by atoms with Crippen LogP contribution >= 0.6 is 15.9 Å². The summed E-state index contributed by atoms with van der Waals surface area (Å²) in [5, 5.41) is 0. The second-order valence-corrected chi connectivity index (χ2v) is 5.86. The maximum absolute atomic E-state index is 5.26. The summed E-state index contributed by atoms with van der Waals surface area (Å²) in [6.45, 7) is 6.41. The third kappa shape index (κ3) is 3.01. The van der Waals surface area contributed by atoms with Gasteiger partial charge in [0.25, 0.3) is 0 Å². The Morgan fingerprint density at radius 3 is 2.26 bits per heavy atom. The second kappa shape index (κ2) is 5.79. The van der Waals surface area contributed by atoms with Crippen molar-refractivity contribution in [1.82, 2.24) is 0 Å². The van der Waals surface area contributed by atoms with Gasteiger partial charge in [-0.1, -0.05) is 45.8 Å². The van der Waals surface area contributed by atoms with E-state index < -0.39 is 0 Å². The number of ether oxygens (including phenoxy) is 1. The Kier molecular flexibility index (Phi) is 4.31. The zero-order valence-corrected chi connectivity index (χ0v) is 13.4. The summed E-state index contributed by atoms with van der Waals surface area (Å²) < 4.78 is 5.26. The highest BCUT2D eigenvalue weighted by atomic mass is 79.9. The molecule has 0 aliphatic carbocycles. The lowest BCUT2D eigenvalue weighted by Crippen LogP contribution is -1.99. The average Bonchev–Trinajstić information content (AvgIpc) is 2.40. The van der Waals surface area contributed by atoms with Crippen molar-refractivity contribution in [2.75, 3.05) is 7.11 Å². The molecular formula is C17H19BrO. The summed E-state index contributed by atoms with van der Waals surface area (Å²) in [6, 6.07) is 12.8. The number of aryl methyl sites for hydroxylation is 3. The summed E-state index contributed by atoms with van der Waals surface area (Å²) in [5.74, 6) is 0.905. The molecule has 0 amide bonds. The SMILES string of the molecule is COc1ccc(C(Br)c2cc(C)ccc2C)c(C)c1. The van der Waals surface area contributed by atoms with Crippen LogP contribution in [-0.4, -0.2) is 7.11 Å². The fraction of sp³-hybridized carbons (Fsp3) is 0.294. The fourth-order valence-electron chi connectivity index (χ4n) is 2.26. The van der Waals surface area contributed by atoms with Gasteiger partial charge in [-0.25, -0.2) is 0 Å². The third-order valence-electron chi connectivity index (χ3n) is 3.46. The molecule has 0 bridgehead atoms. The van der Waals surface area contributed by atoms with Gasteiger partial charge in [0.15, 0.2) is 0 Å². The van der Waals surface area contributed by atoms with Gasteiger partial charge in [-0.05, 0) is 55.2 Å². The molecule has 19 heavy (non-hydrogen) atoms. The number of halogens is 1. The van der Waals surface area contributed by atoms with Gasteiger partial charge >= 0.3 is 0 Å².